The molecule has 1 atom stereocenters. The van der Waals surface area contributed by atoms with Gasteiger partial charge in [0.1, 0.15) is 0 Å². The molecular formula is C14H30N2. The lowest BCUT2D eigenvalue weighted by Crippen LogP contribution is -2.40. The van der Waals surface area contributed by atoms with Gasteiger partial charge in [0, 0.05) is 25.7 Å². The fourth-order valence-corrected chi connectivity index (χ4v) is 2.11. The lowest BCUT2D eigenvalue weighted by Gasteiger charge is -2.32. The second-order valence-corrected chi connectivity index (χ2v) is 5.68. The Hall–Kier alpha value is -0.0800. The van der Waals surface area contributed by atoms with Crippen LogP contribution in [0, 0.1) is 11.8 Å². The fraction of sp³-hybridized carbons (Fsp3) is 1.00. The highest BCUT2D eigenvalue weighted by molar-refractivity contribution is 4.74. The number of likely N-dealkylation sites (N-methyl/N-ethyl adjacent to an activating group) is 1. The molecule has 16 heavy (non-hydrogen) atoms. The molecule has 0 amide bonds. The van der Waals surface area contributed by atoms with Crippen molar-refractivity contribution in [2.75, 3.05) is 26.2 Å². The van der Waals surface area contributed by atoms with E-state index in [-0.39, 0.29) is 0 Å². The summed E-state index contributed by atoms with van der Waals surface area (Å²) in [6.45, 7) is 14.0. The van der Waals surface area contributed by atoms with Crippen molar-refractivity contribution in [2.45, 2.75) is 53.0 Å². The first kappa shape index (κ1) is 14.0. The van der Waals surface area contributed by atoms with E-state index in [0.29, 0.717) is 6.04 Å². The summed E-state index contributed by atoms with van der Waals surface area (Å²) in [7, 11) is 0. The van der Waals surface area contributed by atoms with E-state index in [1.165, 1.54) is 38.9 Å². The lowest BCUT2D eigenvalue weighted by molar-refractivity contribution is 0.182. The van der Waals surface area contributed by atoms with Crippen LogP contribution in [0.15, 0.2) is 0 Å². The molecule has 1 saturated carbocycles. The van der Waals surface area contributed by atoms with Gasteiger partial charge in [-0.25, -0.2) is 0 Å². The van der Waals surface area contributed by atoms with Crippen LogP contribution in [0.5, 0.6) is 0 Å². The van der Waals surface area contributed by atoms with Crippen molar-refractivity contribution in [3.05, 3.63) is 0 Å². The first-order valence-electron chi connectivity index (χ1n) is 7.09. The number of rotatable bonds is 8. The Labute approximate surface area is 102 Å². The van der Waals surface area contributed by atoms with E-state index in [1.807, 2.05) is 0 Å². The van der Waals surface area contributed by atoms with E-state index < -0.39 is 0 Å². The Balaban J connectivity index is 2.08. The molecule has 0 heterocycles. The van der Waals surface area contributed by atoms with Crippen LogP contribution in [0.1, 0.15) is 47.0 Å². The van der Waals surface area contributed by atoms with Gasteiger partial charge in [-0.1, -0.05) is 27.2 Å². The van der Waals surface area contributed by atoms with Gasteiger partial charge in [-0.05, 0) is 38.1 Å². The molecule has 0 saturated heterocycles. The predicted octanol–water partition coefficient (Wildman–Crippen LogP) is 2.74. The monoisotopic (exact) mass is 226 g/mol. The quantitative estimate of drug-likeness (QED) is 0.684. The molecule has 0 aromatic rings. The van der Waals surface area contributed by atoms with Crippen LogP contribution in [-0.2, 0) is 0 Å². The Morgan fingerprint density at radius 3 is 2.38 bits per heavy atom. The zero-order valence-electron chi connectivity index (χ0n) is 11.6. The highest BCUT2D eigenvalue weighted by Crippen LogP contribution is 2.26. The first-order chi connectivity index (χ1) is 7.63. The summed E-state index contributed by atoms with van der Waals surface area (Å²) in [6, 6.07) is 0.641. The van der Waals surface area contributed by atoms with Gasteiger partial charge in [0.2, 0.25) is 0 Å². The smallest absolute Gasteiger partial charge is 0.0107 e. The normalized spacial score (nSPS) is 19.1. The van der Waals surface area contributed by atoms with E-state index >= 15 is 0 Å². The van der Waals surface area contributed by atoms with Crippen molar-refractivity contribution >= 4 is 0 Å². The molecule has 1 aliphatic carbocycles. The number of nitrogens with zero attached hydrogens (tertiary/aromatic N) is 1. The van der Waals surface area contributed by atoms with E-state index in [1.54, 1.807) is 0 Å². The van der Waals surface area contributed by atoms with E-state index in [0.717, 1.165) is 18.4 Å². The molecule has 0 aromatic heterocycles. The average molecular weight is 226 g/mol. The van der Waals surface area contributed by atoms with Gasteiger partial charge in [0.15, 0.2) is 0 Å². The van der Waals surface area contributed by atoms with Gasteiger partial charge in [-0.2, -0.15) is 0 Å². The number of hydrogen-bond acceptors (Lipinski definition) is 2. The Bertz CT molecular complexity index is 176. The van der Waals surface area contributed by atoms with Crippen LogP contribution in [0.4, 0.5) is 0 Å². The molecule has 1 fully saturated rings. The topological polar surface area (TPSA) is 15.3 Å². The van der Waals surface area contributed by atoms with Crippen LogP contribution >= 0.6 is 0 Å². The Kier molecular flexibility index (Phi) is 6.37. The van der Waals surface area contributed by atoms with Crippen LogP contribution in [-0.4, -0.2) is 37.1 Å². The van der Waals surface area contributed by atoms with Crippen molar-refractivity contribution < 1.29 is 0 Å². The molecule has 96 valence electrons. The number of nitrogens with one attached hydrogen (secondary N) is 1. The third kappa shape index (κ3) is 4.84. The van der Waals surface area contributed by atoms with Gasteiger partial charge in [-0.15, -0.1) is 0 Å². The maximum atomic E-state index is 3.61. The molecule has 2 nitrogen and oxygen atoms in total. The molecule has 0 radical (unpaired) electrons. The summed E-state index contributed by atoms with van der Waals surface area (Å²) in [6.07, 6.45) is 4.39. The van der Waals surface area contributed by atoms with Crippen LogP contribution in [0.2, 0.25) is 0 Å². The molecule has 1 N–H and O–H groups in total. The molecule has 0 bridgehead atoms. The second-order valence-electron chi connectivity index (χ2n) is 5.68. The minimum absolute atomic E-state index is 0.641. The third-order valence-corrected chi connectivity index (χ3v) is 4.08. The van der Waals surface area contributed by atoms with Crippen molar-refractivity contribution in [2.24, 2.45) is 11.8 Å². The van der Waals surface area contributed by atoms with Crippen molar-refractivity contribution in [1.82, 2.24) is 10.2 Å². The predicted molar refractivity (Wildman–Crippen MR) is 71.8 cm³/mol. The minimum Gasteiger partial charge on any atom is -0.313 e. The maximum absolute atomic E-state index is 3.61. The summed E-state index contributed by atoms with van der Waals surface area (Å²) < 4.78 is 0. The largest absolute Gasteiger partial charge is 0.313 e. The second kappa shape index (κ2) is 7.29. The number of hydrogen-bond donors (Lipinski definition) is 1. The van der Waals surface area contributed by atoms with E-state index in [4.69, 9.17) is 0 Å². The van der Waals surface area contributed by atoms with E-state index in [2.05, 4.69) is 37.9 Å². The molecule has 1 aliphatic rings. The van der Waals surface area contributed by atoms with E-state index in [9.17, 15) is 0 Å². The molecule has 0 aliphatic heterocycles. The van der Waals surface area contributed by atoms with Gasteiger partial charge < -0.3 is 10.2 Å². The molecule has 2 heteroatoms. The first-order valence-corrected chi connectivity index (χ1v) is 7.09. The molecule has 0 spiro atoms. The van der Waals surface area contributed by atoms with Crippen molar-refractivity contribution in [3.8, 4) is 0 Å². The molecule has 1 unspecified atom stereocenters. The Morgan fingerprint density at radius 1 is 1.25 bits per heavy atom. The standard InChI is InChI=1S/C14H30N2/c1-5-16(11-14-7-6-8-14)10-9-15-13(4)12(2)3/h12-15H,5-11H2,1-4H3. The lowest BCUT2D eigenvalue weighted by atomic mass is 9.85. The maximum Gasteiger partial charge on any atom is 0.0107 e. The minimum atomic E-state index is 0.641. The van der Waals surface area contributed by atoms with Gasteiger partial charge in [0.05, 0.1) is 0 Å². The van der Waals surface area contributed by atoms with Gasteiger partial charge in [0.25, 0.3) is 0 Å². The summed E-state index contributed by atoms with van der Waals surface area (Å²) >= 11 is 0. The van der Waals surface area contributed by atoms with Crippen molar-refractivity contribution in [3.63, 3.8) is 0 Å². The van der Waals surface area contributed by atoms with Crippen LogP contribution in [0.25, 0.3) is 0 Å². The van der Waals surface area contributed by atoms with Crippen LogP contribution < -0.4 is 5.32 Å². The van der Waals surface area contributed by atoms with Crippen molar-refractivity contribution in [1.29, 1.82) is 0 Å². The molecule has 0 aromatic carbocycles. The molecule has 1 rings (SSSR count). The Morgan fingerprint density at radius 2 is 1.94 bits per heavy atom. The van der Waals surface area contributed by atoms with Gasteiger partial charge >= 0.3 is 0 Å². The summed E-state index contributed by atoms with van der Waals surface area (Å²) in [5.74, 6) is 1.74. The zero-order valence-corrected chi connectivity index (χ0v) is 11.6. The van der Waals surface area contributed by atoms with Crippen LogP contribution in [0.3, 0.4) is 0 Å². The summed E-state index contributed by atoms with van der Waals surface area (Å²) in [4.78, 5) is 2.60. The average Bonchev–Trinajstić information content (AvgIpc) is 2.19. The zero-order chi connectivity index (χ0) is 12.0. The fourth-order valence-electron chi connectivity index (χ4n) is 2.11. The summed E-state index contributed by atoms with van der Waals surface area (Å²) in [5, 5.41) is 3.61. The van der Waals surface area contributed by atoms with Gasteiger partial charge in [-0.3, -0.25) is 0 Å². The third-order valence-electron chi connectivity index (χ3n) is 4.08. The summed E-state index contributed by atoms with van der Waals surface area (Å²) in [5.41, 5.74) is 0. The highest BCUT2D eigenvalue weighted by Gasteiger charge is 2.19. The highest BCUT2D eigenvalue weighted by atomic mass is 15.1. The molecular weight excluding hydrogens is 196 g/mol. The SMILES string of the molecule is CCN(CCNC(C)C(C)C)CC1CCC1.